The van der Waals surface area contributed by atoms with Gasteiger partial charge in [0.05, 0.1) is 67.2 Å². The van der Waals surface area contributed by atoms with Crippen LogP contribution >= 0.6 is 0 Å². The molecule has 1 aliphatic carbocycles. The predicted octanol–water partition coefficient (Wildman–Crippen LogP) is 22.2. The van der Waals surface area contributed by atoms with E-state index in [1.807, 2.05) is 24.3 Å². The first-order valence-corrected chi connectivity index (χ1v) is 31.9. The van der Waals surface area contributed by atoms with Crippen LogP contribution in [0.4, 0.5) is 0 Å². The maximum absolute atomic E-state index is 9.96. The Kier molecular flexibility index (Phi) is 11.1. The standard InChI is InChI=1S/C87H51N7/c88-52-53-33-35-55(36-34-53)87-89-85(84-71-27-15-17-54-18-16-28-72(83(54)71)86(84)90-87)60-45-63(93-75-29-11-7-23-65(75)69-41-37-58(49-81(69)93)56-39-43-79-73(47-56)67-25-9-13-31-77(67)91(79)61-19-3-1-4-20-61)51-64(46-60)94-76-30-12-8-24-66(76)70-42-38-59(50-82(70)94)57-40-44-80-74(48-57)68-26-10-14-32-78(68)92(80)62-21-5-2-6-22-62/h1-51H. The fraction of sp³-hybridized carbons (Fsp3) is 0. The molecule has 20 rings (SSSR count). The summed E-state index contributed by atoms with van der Waals surface area (Å²) in [5.74, 6) is 0.589. The topological polar surface area (TPSA) is 69.3 Å². The highest BCUT2D eigenvalue weighted by atomic mass is 15.0. The zero-order valence-electron chi connectivity index (χ0n) is 50.6. The van der Waals surface area contributed by atoms with E-state index in [9.17, 15) is 5.26 Å². The lowest BCUT2D eigenvalue weighted by molar-refractivity contribution is 1.13. The molecule has 7 nitrogen and oxygen atoms in total. The van der Waals surface area contributed by atoms with Crippen molar-refractivity contribution < 1.29 is 0 Å². The quantitative estimate of drug-likeness (QED) is 0.152. The van der Waals surface area contributed by atoms with Gasteiger partial charge in [-0.2, -0.15) is 5.26 Å². The van der Waals surface area contributed by atoms with E-state index < -0.39 is 0 Å². The number of aromatic nitrogens is 6. The van der Waals surface area contributed by atoms with Crippen LogP contribution in [0, 0.1) is 11.3 Å². The Morgan fingerprint density at radius 1 is 0.255 bits per heavy atom. The van der Waals surface area contributed by atoms with Gasteiger partial charge in [-0.05, 0) is 166 Å². The van der Waals surface area contributed by atoms with Gasteiger partial charge in [0.2, 0.25) is 0 Å². The molecule has 14 aromatic carbocycles. The summed E-state index contributed by atoms with van der Waals surface area (Å²) in [5, 5.41) is 21.8. The van der Waals surface area contributed by atoms with Gasteiger partial charge in [-0.3, -0.25) is 0 Å². The molecule has 0 saturated carbocycles. The second-order valence-corrected chi connectivity index (χ2v) is 24.8. The van der Waals surface area contributed by atoms with Gasteiger partial charge in [0.25, 0.3) is 0 Å². The van der Waals surface area contributed by atoms with Gasteiger partial charge < -0.3 is 18.3 Å². The van der Waals surface area contributed by atoms with Gasteiger partial charge in [0, 0.05) is 88.1 Å². The predicted molar refractivity (Wildman–Crippen MR) is 388 cm³/mol. The first-order chi connectivity index (χ1) is 46.6. The highest BCUT2D eigenvalue weighted by Gasteiger charge is 2.30. The van der Waals surface area contributed by atoms with Crippen molar-refractivity contribution >= 4 is 98.0 Å². The Bertz CT molecular complexity index is 6170. The van der Waals surface area contributed by atoms with Crippen molar-refractivity contribution in [3.05, 3.63) is 315 Å². The molecule has 0 bridgehead atoms. The fourth-order valence-corrected chi connectivity index (χ4v) is 15.6. The first kappa shape index (κ1) is 51.9. The van der Waals surface area contributed by atoms with Crippen LogP contribution in [0.25, 0.3) is 188 Å². The normalized spacial score (nSPS) is 12.0. The number of para-hydroxylation sites is 6. The molecular formula is C87H51N7. The molecule has 434 valence electrons. The van der Waals surface area contributed by atoms with E-state index in [-0.39, 0.29) is 0 Å². The van der Waals surface area contributed by atoms with Crippen LogP contribution in [-0.4, -0.2) is 28.2 Å². The molecule has 0 fully saturated rings. The molecule has 94 heavy (non-hydrogen) atoms. The maximum Gasteiger partial charge on any atom is 0.160 e. The van der Waals surface area contributed by atoms with Gasteiger partial charge in [-0.25, -0.2) is 9.97 Å². The largest absolute Gasteiger partial charge is 0.309 e. The average molecular weight is 1190 g/mol. The van der Waals surface area contributed by atoms with Crippen molar-refractivity contribution in [2.45, 2.75) is 0 Å². The van der Waals surface area contributed by atoms with Crippen molar-refractivity contribution in [1.82, 2.24) is 28.2 Å². The lowest BCUT2D eigenvalue weighted by Gasteiger charge is -2.18. The van der Waals surface area contributed by atoms with Crippen molar-refractivity contribution in [2.24, 2.45) is 0 Å². The maximum atomic E-state index is 9.96. The second-order valence-electron chi connectivity index (χ2n) is 24.8. The third kappa shape index (κ3) is 7.65. The van der Waals surface area contributed by atoms with Crippen LogP contribution in [0.2, 0.25) is 0 Å². The molecule has 0 aliphatic heterocycles. The molecule has 1 aliphatic rings. The number of benzene rings is 14. The molecule has 0 unspecified atom stereocenters. The minimum Gasteiger partial charge on any atom is -0.309 e. The number of hydrogen-bond donors (Lipinski definition) is 0. The van der Waals surface area contributed by atoms with Crippen molar-refractivity contribution in [2.75, 3.05) is 0 Å². The van der Waals surface area contributed by atoms with Crippen molar-refractivity contribution in [3.8, 4) is 96.1 Å². The number of nitriles is 1. The van der Waals surface area contributed by atoms with Crippen LogP contribution in [-0.2, 0) is 0 Å². The SMILES string of the molecule is N#Cc1ccc(-c2nc(-c3cc(-n4c5ccccc5c5ccc(-c6ccc7c(c6)c6ccccc6n7-c6ccccc6)cc54)cc(-n4c5ccccc5c5ccc(-c6ccc7c(c6)c6ccccc6n7-c6ccccc6)cc54)c3)c3c(n2)-c2cccc4cccc-3c24)cc1. The molecule has 0 amide bonds. The number of hydrogen-bond acceptors (Lipinski definition) is 3. The smallest absolute Gasteiger partial charge is 0.160 e. The summed E-state index contributed by atoms with van der Waals surface area (Å²) in [7, 11) is 0. The van der Waals surface area contributed by atoms with Gasteiger partial charge in [0.1, 0.15) is 0 Å². The lowest BCUT2D eigenvalue weighted by atomic mass is 9.98. The van der Waals surface area contributed by atoms with Crippen LogP contribution < -0.4 is 0 Å². The minimum atomic E-state index is 0.579. The number of fused-ring (bicyclic) bond motifs is 15. The molecule has 19 aromatic rings. The molecule has 5 heterocycles. The van der Waals surface area contributed by atoms with E-state index in [0.29, 0.717) is 11.4 Å². The summed E-state index contributed by atoms with van der Waals surface area (Å²) in [6, 6.07) is 115. The Hall–Kier alpha value is -12.9. The van der Waals surface area contributed by atoms with Gasteiger partial charge in [-0.1, -0.05) is 182 Å². The van der Waals surface area contributed by atoms with E-state index in [4.69, 9.17) is 9.97 Å². The van der Waals surface area contributed by atoms with Gasteiger partial charge in [0.15, 0.2) is 5.82 Å². The summed E-state index contributed by atoms with van der Waals surface area (Å²) in [6.07, 6.45) is 0. The van der Waals surface area contributed by atoms with E-state index >= 15 is 0 Å². The Morgan fingerprint density at radius 2 is 0.649 bits per heavy atom. The van der Waals surface area contributed by atoms with Crippen LogP contribution in [0.15, 0.2) is 309 Å². The van der Waals surface area contributed by atoms with E-state index in [0.717, 1.165) is 133 Å². The number of nitrogens with zero attached hydrogens (tertiary/aromatic N) is 7. The van der Waals surface area contributed by atoms with Crippen LogP contribution in [0.5, 0.6) is 0 Å². The summed E-state index contributed by atoms with van der Waals surface area (Å²) in [6.45, 7) is 0. The summed E-state index contributed by atoms with van der Waals surface area (Å²) in [5.41, 5.74) is 25.0. The molecule has 0 N–H and O–H groups in total. The Morgan fingerprint density at radius 3 is 1.15 bits per heavy atom. The molecule has 0 saturated heterocycles. The molecule has 0 spiro atoms. The van der Waals surface area contributed by atoms with Gasteiger partial charge in [-0.15, -0.1) is 0 Å². The van der Waals surface area contributed by atoms with Gasteiger partial charge >= 0.3 is 0 Å². The molecule has 7 heteroatoms. The van der Waals surface area contributed by atoms with Crippen molar-refractivity contribution in [3.63, 3.8) is 0 Å². The fourth-order valence-electron chi connectivity index (χ4n) is 15.6. The third-order valence-corrected chi connectivity index (χ3v) is 19.7. The highest BCUT2D eigenvalue weighted by molar-refractivity contribution is 6.18. The van der Waals surface area contributed by atoms with Crippen molar-refractivity contribution in [1.29, 1.82) is 5.26 Å². The zero-order valence-corrected chi connectivity index (χ0v) is 50.6. The molecule has 5 aromatic heterocycles. The third-order valence-electron chi connectivity index (χ3n) is 19.7. The summed E-state index contributed by atoms with van der Waals surface area (Å²) in [4.78, 5) is 11.2. The Labute approximate surface area is 539 Å². The molecule has 0 atom stereocenters. The second kappa shape index (κ2) is 20.1. The first-order valence-electron chi connectivity index (χ1n) is 31.9. The monoisotopic (exact) mass is 1190 g/mol. The highest BCUT2D eigenvalue weighted by Crippen LogP contribution is 2.52. The van der Waals surface area contributed by atoms with E-state index in [1.165, 1.54) is 49.0 Å². The summed E-state index contributed by atoms with van der Waals surface area (Å²) < 4.78 is 9.70. The van der Waals surface area contributed by atoms with Crippen LogP contribution in [0.1, 0.15) is 5.56 Å². The molecular weight excluding hydrogens is 1140 g/mol. The average Bonchev–Trinajstić information content (AvgIpc) is 1.57. The lowest BCUT2D eigenvalue weighted by Crippen LogP contribution is -2.02. The minimum absolute atomic E-state index is 0.579. The Balaban J connectivity index is 0.851. The zero-order chi connectivity index (χ0) is 61.7. The van der Waals surface area contributed by atoms with E-state index in [2.05, 4.69) is 309 Å². The molecule has 0 radical (unpaired) electrons. The summed E-state index contributed by atoms with van der Waals surface area (Å²) >= 11 is 0. The number of rotatable bonds is 8. The van der Waals surface area contributed by atoms with E-state index in [1.54, 1.807) is 0 Å². The van der Waals surface area contributed by atoms with Crippen LogP contribution in [0.3, 0.4) is 0 Å².